The van der Waals surface area contributed by atoms with Gasteiger partial charge in [0.25, 0.3) is 0 Å². The molecule has 0 fully saturated rings. The molecule has 0 spiro atoms. The van der Waals surface area contributed by atoms with Gasteiger partial charge in [0.15, 0.2) is 0 Å². The first-order valence-electron chi connectivity index (χ1n) is 8.22. The summed E-state index contributed by atoms with van der Waals surface area (Å²) in [4.78, 5) is 1.98. The average molecular weight is 375 g/mol. The Balaban J connectivity index is 1.57. The molecule has 27 heavy (non-hydrogen) atoms. The number of nitrogens with zero attached hydrogens (tertiary/aromatic N) is 3. The molecule has 8 heteroatoms. The largest absolute Gasteiger partial charge is 0.497 e. The number of methoxy groups -OCH3 is 1. The number of hydrogen-bond donors (Lipinski definition) is 0. The third-order valence-electron chi connectivity index (χ3n) is 3.81. The zero-order chi connectivity index (χ0) is 19.2. The quantitative estimate of drug-likeness (QED) is 0.594. The highest BCUT2D eigenvalue weighted by Crippen LogP contribution is 2.22. The molecule has 0 radical (unpaired) electrons. The van der Waals surface area contributed by atoms with E-state index in [0.29, 0.717) is 24.9 Å². The van der Waals surface area contributed by atoms with Crippen molar-refractivity contribution in [1.82, 2.24) is 15.1 Å². The Labute approximate surface area is 155 Å². The van der Waals surface area contributed by atoms with Crippen LogP contribution in [0.4, 0.5) is 8.78 Å². The van der Waals surface area contributed by atoms with Crippen LogP contribution in [0.25, 0.3) is 11.5 Å². The predicted octanol–water partition coefficient (Wildman–Crippen LogP) is 3.98. The molecule has 3 rings (SSSR count). The van der Waals surface area contributed by atoms with Crippen molar-refractivity contribution in [3.63, 3.8) is 0 Å². The Kier molecular flexibility index (Phi) is 5.97. The molecule has 6 nitrogen and oxygen atoms in total. The second-order valence-electron chi connectivity index (χ2n) is 5.92. The lowest BCUT2D eigenvalue weighted by Crippen LogP contribution is -2.17. The highest BCUT2D eigenvalue weighted by molar-refractivity contribution is 5.53. The molecule has 0 aliphatic heterocycles. The maximum atomic E-state index is 12.2. The van der Waals surface area contributed by atoms with Crippen molar-refractivity contribution in [2.24, 2.45) is 0 Å². The predicted molar refractivity (Wildman–Crippen MR) is 94.5 cm³/mol. The highest BCUT2D eigenvalue weighted by atomic mass is 19.3. The molecule has 0 amide bonds. The van der Waals surface area contributed by atoms with Crippen molar-refractivity contribution < 1.29 is 22.7 Å². The molecular weight excluding hydrogens is 356 g/mol. The van der Waals surface area contributed by atoms with Crippen molar-refractivity contribution >= 4 is 0 Å². The van der Waals surface area contributed by atoms with Crippen LogP contribution in [0.15, 0.2) is 52.9 Å². The Morgan fingerprint density at radius 3 is 2.26 bits per heavy atom. The van der Waals surface area contributed by atoms with Crippen LogP contribution in [0.1, 0.15) is 11.5 Å². The van der Waals surface area contributed by atoms with Gasteiger partial charge >= 0.3 is 6.61 Å². The SMILES string of the molecule is COc1ccc(-c2nnc(CN(C)Cc3ccc(OC(F)F)cc3)o2)cc1. The van der Waals surface area contributed by atoms with Gasteiger partial charge < -0.3 is 13.9 Å². The molecule has 0 saturated heterocycles. The van der Waals surface area contributed by atoms with Gasteiger partial charge in [0, 0.05) is 12.1 Å². The van der Waals surface area contributed by atoms with Crippen LogP contribution >= 0.6 is 0 Å². The average Bonchev–Trinajstić information content (AvgIpc) is 3.11. The van der Waals surface area contributed by atoms with E-state index in [4.69, 9.17) is 9.15 Å². The van der Waals surface area contributed by atoms with Gasteiger partial charge in [-0.25, -0.2) is 0 Å². The highest BCUT2D eigenvalue weighted by Gasteiger charge is 2.11. The van der Waals surface area contributed by atoms with Gasteiger partial charge in [-0.2, -0.15) is 8.78 Å². The van der Waals surface area contributed by atoms with Crippen LogP contribution in [0.2, 0.25) is 0 Å². The van der Waals surface area contributed by atoms with Crippen molar-refractivity contribution in [2.75, 3.05) is 14.2 Å². The summed E-state index contributed by atoms with van der Waals surface area (Å²) in [6, 6.07) is 13.9. The molecule has 0 atom stereocenters. The first kappa shape index (κ1) is 18.8. The van der Waals surface area contributed by atoms with Crippen LogP contribution in [-0.4, -0.2) is 35.9 Å². The minimum atomic E-state index is -2.82. The van der Waals surface area contributed by atoms with E-state index in [9.17, 15) is 8.78 Å². The molecule has 0 bridgehead atoms. The molecule has 0 unspecified atom stereocenters. The minimum absolute atomic E-state index is 0.137. The number of ether oxygens (including phenoxy) is 2. The molecule has 1 heterocycles. The Morgan fingerprint density at radius 1 is 0.963 bits per heavy atom. The minimum Gasteiger partial charge on any atom is -0.497 e. The molecule has 0 aliphatic rings. The maximum Gasteiger partial charge on any atom is 0.387 e. The van der Waals surface area contributed by atoms with Crippen molar-refractivity contribution in [2.45, 2.75) is 19.7 Å². The Hall–Kier alpha value is -3.00. The molecule has 142 valence electrons. The summed E-state index contributed by atoms with van der Waals surface area (Å²) in [6.45, 7) is -1.77. The monoisotopic (exact) mass is 375 g/mol. The lowest BCUT2D eigenvalue weighted by Gasteiger charge is -2.14. The normalized spacial score (nSPS) is 11.2. The van der Waals surface area contributed by atoms with E-state index in [0.717, 1.165) is 16.9 Å². The van der Waals surface area contributed by atoms with Crippen LogP contribution < -0.4 is 9.47 Å². The van der Waals surface area contributed by atoms with Gasteiger partial charge in [-0.1, -0.05) is 12.1 Å². The standard InChI is InChI=1S/C19H19F2N3O3/c1-24(11-13-3-7-16(8-4-13)26-19(20)21)12-17-22-23-18(27-17)14-5-9-15(25-2)10-6-14/h3-10,19H,11-12H2,1-2H3. The summed E-state index contributed by atoms with van der Waals surface area (Å²) in [5.41, 5.74) is 1.76. The van der Waals surface area contributed by atoms with E-state index in [2.05, 4.69) is 14.9 Å². The first-order valence-corrected chi connectivity index (χ1v) is 8.22. The summed E-state index contributed by atoms with van der Waals surface area (Å²) in [6.07, 6.45) is 0. The number of alkyl halides is 2. The van der Waals surface area contributed by atoms with Crippen LogP contribution in [0.3, 0.4) is 0 Å². The van der Waals surface area contributed by atoms with Gasteiger partial charge in [0.2, 0.25) is 11.8 Å². The fourth-order valence-corrected chi connectivity index (χ4v) is 2.54. The van der Waals surface area contributed by atoms with Gasteiger partial charge in [0.1, 0.15) is 11.5 Å². The van der Waals surface area contributed by atoms with Crippen LogP contribution in [-0.2, 0) is 13.1 Å². The topological polar surface area (TPSA) is 60.6 Å². The first-order chi connectivity index (χ1) is 13.0. The fourth-order valence-electron chi connectivity index (χ4n) is 2.54. The van der Waals surface area contributed by atoms with Crippen LogP contribution in [0.5, 0.6) is 11.5 Å². The Bertz CT molecular complexity index is 851. The summed E-state index contributed by atoms with van der Waals surface area (Å²) >= 11 is 0. The smallest absolute Gasteiger partial charge is 0.387 e. The molecule has 3 aromatic rings. The number of halogens is 2. The maximum absolute atomic E-state index is 12.2. The molecular formula is C19H19F2N3O3. The summed E-state index contributed by atoms with van der Waals surface area (Å²) in [5, 5.41) is 8.14. The zero-order valence-corrected chi connectivity index (χ0v) is 14.9. The second-order valence-corrected chi connectivity index (χ2v) is 5.92. The van der Waals surface area contributed by atoms with Gasteiger partial charge in [-0.05, 0) is 49.0 Å². The van der Waals surface area contributed by atoms with E-state index < -0.39 is 6.61 Å². The zero-order valence-electron chi connectivity index (χ0n) is 14.9. The van der Waals surface area contributed by atoms with E-state index in [1.54, 1.807) is 19.2 Å². The second kappa shape index (κ2) is 8.59. The molecule has 0 N–H and O–H groups in total. The third-order valence-corrected chi connectivity index (χ3v) is 3.81. The van der Waals surface area contributed by atoms with Crippen LogP contribution in [0, 0.1) is 0 Å². The van der Waals surface area contributed by atoms with Gasteiger partial charge in [-0.15, -0.1) is 10.2 Å². The van der Waals surface area contributed by atoms with Crippen molar-refractivity contribution in [1.29, 1.82) is 0 Å². The molecule has 1 aromatic heterocycles. The summed E-state index contributed by atoms with van der Waals surface area (Å²) in [5.74, 6) is 1.82. The number of benzene rings is 2. The summed E-state index contributed by atoms with van der Waals surface area (Å²) in [7, 11) is 3.51. The lowest BCUT2D eigenvalue weighted by molar-refractivity contribution is -0.0498. The van der Waals surface area contributed by atoms with E-state index in [1.165, 1.54) is 12.1 Å². The molecule has 0 aliphatic carbocycles. The lowest BCUT2D eigenvalue weighted by atomic mass is 10.2. The number of rotatable bonds is 8. The summed E-state index contributed by atoms with van der Waals surface area (Å²) < 4.78 is 39.5. The third kappa shape index (κ3) is 5.24. The fraction of sp³-hybridized carbons (Fsp3) is 0.263. The number of aromatic nitrogens is 2. The number of hydrogen-bond acceptors (Lipinski definition) is 6. The van der Waals surface area contributed by atoms with E-state index >= 15 is 0 Å². The molecule has 2 aromatic carbocycles. The van der Waals surface area contributed by atoms with E-state index in [-0.39, 0.29) is 5.75 Å². The Morgan fingerprint density at radius 2 is 1.63 bits per heavy atom. The van der Waals surface area contributed by atoms with Gasteiger partial charge in [-0.3, -0.25) is 4.90 Å². The molecule has 0 saturated carbocycles. The van der Waals surface area contributed by atoms with E-state index in [1.807, 2.05) is 36.2 Å². The van der Waals surface area contributed by atoms with Crippen molar-refractivity contribution in [3.8, 4) is 23.0 Å². The van der Waals surface area contributed by atoms with Gasteiger partial charge in [0.05, 0.1) is 13.7 Å². The van der Waals surface area contributed by atoms with Crippen molar-refractivity contribution in [3.05, 3.63) is 60.0 Å².